The van der Waals surface area contributed by atoms with Gasteiger partial charge in [-0.3, -0.25) is 9.59 Å². The number of nitriles is 1. The van der Waals surface area contributed by atoms with Gasteiger partial charge in [0, 0.05) is 32.1 Å². The highest BCUT2D eigenvalue weighted by Crippen LogP contribution is 2.14. The lowest BCUT2D eigenvalue weighted by molar-refractivity contribution is -0.141. The number of carbonyl (C=O) groups excluding carboxylic acids is 2. The van der Waals surface area contributed by atoms with Gasteiger partial charge >= 0.3 is 0 Å². The number of nitrogens with zero attached hydrogens (tertiary/aromatic N) is 3. The molecule has 1 fully saturated rings. The topological polar surface area (TPSA) is 64.4 Å². The standard InChI is InChI=1S/C13H21N3O2/c1-3-11(4-2)13(18)16-9-7-15(8-10-16)12(17)5-6-14/h11H,3-5,7-10H2,1-2H3. The minimum atomic E-state index is -0.132. The average molecular weight is 251 g/mol. The van der Waals surface area contributed by atoms with Gasteiger partial charge in [0.1, 0.15) is 6.42 Å². The quantitative estimate of drug-likeness (QED) is 0.749. The molecule has 2 amide bonds. The van der Waals surface area contributed by atoms with E-state index in [0.717, 1.165) is 12.8 Å². The number of hydrogen-bond acceptors (Lipinski definition) is 3. The van der Waals surface area contributed by atoms with Crippen molar-refractivity contribution in [1.29, 1.82) is 5.26 Å². The van der Waals surface area contributed by atoms with Crippen LogP contribution in [0, 0.1) is 17.2 Å². The van der Waals surface area contributed by atoms with E-state index in [1.54, 1.807) is 4.90 Å². The van der Waals surface area contributed by atoms with Gasteiger partial charge < -0.3 is 9.80 Å². The van der Waals surface area contributed by atoms with Crippen molar-refractivity contribution in [3.8, 4) is 6.07 Å². The molecule has 0 saturated carbocycles. The van der Waals surface area contributed by atoms with Crippen molar-refractivity contribution in [2.45, 2.75) is 33.1 Å². The summed E-state index contributed by atoms with van der Waals surface area (Å²) >= 11 is 0. The fourth-order valence-electron chi connectivity index (χ4n) is 2.25. The Morgan fingerprint density at radius 2 is 1.61 bits per heavy atom. The third-order valence-electron chi connectivity index (χ3n) is 3.51. The van der Waals surface area contributed by atoms with Gasteiger partial charge in [-0.25, -0.2) is 0 Å². The number of hydrogen-bond donors (Lipinski definition) is 0. The zero-order chi connectivity index (χ0) is 13.5. The van der Waals surface area contributed by atoms with Crippen LogP contribution in [0.4, 0.5) is 0 Å². The van der Waals surface area contributed by atoms with Crippen LogP contribution in [0.15, 0.2) is 0 Å². The van der Waals surface area contributed by atoms with Crippen molar-refractivity contribution < 1.29 is 9.59 Å². The third kappa shape index (κ3) is 3.46. The summed E-state index contributed by atoms with van der Waals surface area (Å²) < 4.78 is 0. The molecule has 0 unspecified atom stereocenters. The molecule has 100 valence electrons. The Balaban J connectivity index is 2.46. The van der Waals surface area contributed by atoms with Gasteiger partial charge in [-0.2, -0.15) is 5.26 Å². The van der Waals surface area contributed by atoms with Crippen LogP contribution in [0.2, 0.25) is 0 Å². The van der Waals surface area contributed by atoms with E-state index < -0.39 is 0 Å². The number of piperazine rings is 1. The van der Waals surface area contributed by atoms with Crippen molar-refractivity contribution in [1.82, 2.24) is 9.80 Å². The van der Waals surface area contributed by atoms with E-state index in [9.17, 15) is 9.59 Å². The van der Waals surface area contributed by atoms with Crippen LogP contribution in [0.25, 0.3) is 0 Å². The van der Waals surface area contributed by atoms with Gasteiger partial charge in [0.2, 0.25) is 11.8 Å². The highest BCUT2D eigenvalue weighted by Gasteiger charge is 2.26. The lowest BCUT2D eigenvalue weighted by atomic mass is 10.0. The van der Waals surface area contributed by atoms with E-state index in [2.05, 4.69) is 0 Å². The predicted molar refractivity (Wildman–Crippen MR) is 67.5 cm³/mol. The van der Waals surface area contributed by atoms with Crippen LogP contribution in [0.3, 0.4) is 0 Å². The largest absolute Gasteiger partial charge is 0.339 e. The van der Waals surface area contributed by atoms with Gasteiger partial charge in [0.25, 0.3) is 0 Å². The van der Waals surface area contributed by atoms with Gasteiger partial charge in [-0.1, -0.05) is 13.8 Å². The zero-order valence-electron chi connectivity index (χ0n) is 11.2. The molecule has 0 radical (unpaired) electrons. The van der Waals surface area contributed by atoms with Crippen molar-refractivity contribution >= 4 is 11.8 Å². The number of amides is 2. The van der Waals surface area contributed by atoms with Crippen LogP contribution < -0.4 is 0 Å². The van der Waals surface area contributed by atoms with E-state index in [1.807, 2.05) is 24.8 Å². The van der Waals surface area contributed by atoms with E-state index in [4.69, 9.17) is 5.26 Å². The molecule has 0 atom stereocenters. The molecule has 0 spiro atoms. The van der Waals surface area contributed by atoms with Crippen LogP contribution >= 0.6 is 0 Å². The molecule has 0 aromatic carbocycles. The first-order valence-electron chi connectivity index (χ1n) is 6.57. The SMILES string of the molecule is CCC(CC)C(=O)N1CCN(C(=O)CC#N)CC1. The molecule has 18 heavy (non-hydrogen) atoms. The van der Waals surface area contributed by atoms with Crippen molar-refractivity contribution in [2.75, 3.05) is 26.2 Å². The number of carbonyl (C=O) groups is 2. The summed E-state index contributed by atoms with van der Waals surface area (Å²) in [5.41, 5.74) is 0. The Labute approximate surface area is 108 Å². The average Bonchev–Trinajstić information content (AvgIpc) is 2.40. The maximum absolute atomic E-state index is 12.1. The van der Waals surface area contributed by atoms with E-state index in [0.29, 0.717) is 26.2 Å². The second-order valence-corrected chi connectivity index (χ2v) is 4.55. The normalized spacial score (nSPS) is 15.7. The van der Waals surface area contributed by atoms with Crippen LogP contribution in [-0.4, -0.2) is 47.8 Å². The third-order valence-corrected chi connectivity index (χ3v) is 3.51. The lowest BCUT2D eigenvalue weighted by Crippen LogP contribution is -2.51. The van der Waals surface area contributed by atoms with Crippen LogP contribution in [-0.2, 0) is 9.59 Å². The minimum absolute atomic E-state index is 0.0690. The summed E-state index contributed by atoms with van der Waals surface area (Å²) in [6.07, 6.45) is 1.66. The zero-order valence-corrected chi connectivity index (χ0v) is 11.2. The summed E-state index contributed by atoms with van der Waals surface area (Å²) in [7, 11) is 0. The molecule has 1 rings (SSSR count). The van der Waals surface area contributed by atoms with E-state index in [-0.39, 0.29) is 24.2 Å². The maximum Gasteiger partial charge on any atom is 0.236 e. The monoisotopic (exact) mass is 251 g/mol. The lowest BCUT2D eigenvalue weighted by Gasteiger charge is -2.36. The fraction of sp³-hybridized carbons (Fsp3) is 0.769. The second-order valence-electron chi connectivity index (χ2n) is 4.55. The molecule has 0 aromatic rings. The molecule has 5 heteroatoms. The molecular formula is C13H21N3O2. The van der Waals surface area contributed by atoms with Crippen molar-refractivity contribution in [3.63, 3.8) is 0 Å². The Morgan fingerprint density at radius 3 is 2.06 bits per heavy atom. The van der Waals surface area contributed by atoms with Gasteiger partial charge in [-0.15, -0.1) is 0 Å². The first-order valence-corrected chi connectivity index (χ1v) is 6.57. The summed E-state index contributed by atoms with van der Waals surface area (Å²) in [6.45, 7) is 6.33. The van der Waals surface area contributed by atoms with Gasteiger partial charge in [-0.05, 0) is 12.8 Å². The van der Waals surface area contributed by atoms with Crippen molar-refractivity contribution in [3.05, 3.63) is 0 Å². The molecule has 0 N–H and O–H groups in total. The molecule has 5 nitrogen and oxygen atoms in total. The van der Waals surface area contributed by atoms with Crippen LogP contribution in [0.5, 0.6) is 0 Å². The van der Waals surface area contributed by atoms with E-state index in [1.165, 1.54) is 0 Å². The summed E-state index contributed by atoms with van der Waals surface area (Å²) in [6, 6.07) is 1.86. The highest BCUT2D eigenvalue weighted by molar-refractivity contribution is 5.80. The second kappa shape index (κ2) is 7.00. The minimum Gasteiger partial charge on any atom is -0.339 e. The van der Waals surface area contributed by atoms with Gasteiger partial charge in [0.15, 0.2) is 0 Å². The summed E-state index contributed by atoms with van der Waals surface area (Å²) in [4.78, 5) is 27.2. The first-order chi connectivity index (χ1) is 8.63. The molecular weight excluding hydrogens is 230 g/mol. The van der Waals surface area contributed by atoms with Gasteiger partial charge in [0.05, 0.1) is 6.07 Å². The highest BCUT2D eigenvalue weighted by atomic mass is 16.2. The Morgan fingerprint density at radius 1 is 1.11 bits per heavy atom. The molecule has 1 aliphatic heterocycles. The molecule has 1 saturated heterocycles. The molecule has 1 aliphatic rings. The summed E-state index contributed by atoms with van der Waals surface area (Å²) in [5.74, 6) is 0.172. The Kier molecular flexibility index (Phi) is 5.63. The molecule has 1 heterocycles. The van der Waals surface area contributed by atoms with Crippen molar-refractivity contribution in [2.24, 2.45) is 5.92 Å². The molecule has 0 bridgehead atoms. The van der Waals surface area contributed by atoms with Crippen LogP contribution in [0.1, 0.15) is 33.1 Å². The fourth-order valence-corrected chi connectivity index (χ4v) is 2.25. The maximum atomic E-state index is 12.1. The van der Waals surface area contributed by atoms with E-state index >= 15 is 0 Å². The smallest absolute Gasteiger partial charge is 0.236 e. The predicted octanol–water partition coefficient (Wildman–Crippen LogP) is 1.01. The molecule has 0 aromatic heterocycles. The number of rotatable bonds is 4. The summed E-state index contributed by atoms with van der Waals surface area (Å²) in [5, 5.41) is 8.48. The Bertz CT molecular complexity index is 337. The Hall–Kier alpha value is -1.57. The first kappa shape index (κ1) is 14.5. The molecule has 0 aliphatic carbocycles.